The van der Waals surface area contributed by atoms with Gasteiger partial charge in [0, 0.05) is 19.7 Å². The molecule has 0 aromatic heterocycles. The summed E-state index contributed by atoms with van der Waals surface area (Å²) >= 11 is 0. The number of rotatable bonds is 9. The summed E-state index contributed by atoms with van der Waals surface area (Å²) in [5.74, 6) is 0. The summed E-state index contributed by atoms with van der Waals surface area (Å²) in [5.41, 5.74) is 0. The molecule has 0 rings (SSSR count). The number of hydrogen-bond acceptors (Lipinski definition) is 2. The van der Waals surface area contributed by atoms with E-state index in [2.05, 4.69) is 26.1 Å². The Bertz CT molecular complexity index is 117. The fourth-order valence-corrected chi connectivity index (χ4v) is 1.56. The fraction of sp³-hybridized carbons (Fsp3) is 1.00. The Morgan fingerprint density at radius 3 is 2.36 bits per heavy atom. The smallest absolute Gasteiger partial charge is 0.0667 e. The predicted molar refractivity (Wildman–Crippen MR) is 62.7 cm³/mol. The van der Waals surface area contributed by atoms with Gasteiger partial charge in [-0.25, -0.2) is 0 Å². The van der Waals surface area contributed by atoms with Crippen molar-refractivity contribution in [2.24, 2.45) is 0 Å². The average molecular weight is 201 g/mol. The van der Waals surface area contributed by atoms with Gasteiger partial charge in [-0.3, -0.25) is 0 Å². The summed E-state index contributed by atoms with van der Waals surface area (Å²) in [6.45, 7) is 7.59. The zero-order valence-electron chi connectivity index (χ0n) is 10.3. The second-order valence-electron chi connectivity index (χ2n) is 4.08. The third-order valence-electron chi connectivity index (χ3n) is 2.64. The zero-order chi connectivity index (χ0) is 10.8. The molecule has 0 amide bonds. The van der Waals surface area contributed by atoms with Crippen molar-refractivity contribution in [1.29, 1.82) is 0 Å². The van der Waals surface area contributed by atoms with E-state index in [4.69, 9.17) is 4.74 Å². The van der Waals surface area contributed by atoms with Crippen LogP contribution in [0, 0.1) is 0 Å². The lowest BCUT2D eigenvalue weighted by Gasteiger charge is -2.20. The minimum absolute atomic E-state index is 0.330. The first-order valence-corrected chi connectivity index (χ1v) is 6.00. The lowest BCUT2D eigenvalue weighted by molar-refractivity contribution is 0.113. The minimum Gasteiger partial charge on any atom is -0.380 e. The maximum atomic E-state index is 5.22. The summed E-state index contributed by atoms with van der Waals surface area (Å²) in [5, 5.41) is 3.58. The fourth-order valence-electron chi connectivity index (χ4n) is 1.56. The van der Waals surface area contributed by atoms with Crippen molar-refractivity contribution >= 4 is 0 Å². The van der Waals surface area contributed by atoms with Crippen LogP contribution in [0.25, 0.3) is 0 Å². The van der Waals surface area contributed by atoms with Gasteiger partial charge in [0.2, 0.25) is 0 Å². The van der Waals surface area contributed by atoms with Crippen LogP contribution in [0.2, 0.25) is 0 Å². The highest BCUT2D eigenvalue weighted by atomic mass is 16.5. The molecule has 0 radical (unpaired) electrons. The van der Waals surface area contributed by atoms with E-state index in [-0.39, 0.29) is 0 Å². The van der Waals surface area contributed by atoms with Crippen LogP contribution in [-0.4, -0.2) is 25.8 Å². The number of unbranched alkanes of at least 4 members (excludes halogenated alkanes) is 1. The molecule has 0 saturated carbocycles. The molecule has 1 N–H and O–H groups in total. The zero-order valence-corrected chi connectivity index (χ0v) is 10.3. The van der Waals surface area contributed by atoms with Crippen LogP contribution in [0.4, 0.5) is 0 Å². The standard InChI is InChI=1S/C12H27NO/c1-5-7-9-12(8-6-2)13-10-11(3)14-4/h11-13H,5-10H2,1-4H3. The van der Waals surface area contributed by atoms with Crippen molar-refractivity contribution in [2.45, 2.75) is 65.0 Å². The van der Waals surface area contributed by atoms with Gasteiger partial charge in [-0.1, -0.05) is 33.1 Å². The minimum atomic E-state index is 0.330. The lowest BCUT2D eigenvalue weighted by atomic mass is 10.1. The van der Waals surface area contributed by atoms with Gasteiger partial charge in [-0.2, -0.15) is 0 Å². The van der Waals surface area contributed by atoms with Gasteiger partial charge in [0.05, 0.1) is 6.10 Å². The number of hydrogen-bond donors (Lipinski definition) is 1. The normalized spacial score (nSPS) is 15.4. The Morgan fingerprint density at radius 2 is 1.86 bits per heavy atom. The van der Waals surface area contributed by atoms with E-state index in [1.165, 1.54) is 32.1 Å². The average Bonchev–Trinajstić information content (AvgIpc) is 2.21. The molecule has 0 aromatic carbocycles. The van der Waals surface area contributed by atoms with Gasteiger partial charge < -0.3 is 10.1 Å². The third-order valence-corrected chi connectivity index (χ3v) is 2.64. The van der Waals surface area contributed by atoms with Crippen LogP contribution in [0.1, 0.15) is 52.9 Å². The Balaban J connectivity index is 3.60. The molecule has 0 aromatic rings. The van der Waals surface area contributed by atoms with Gasteiger partial charge in [0.1, 0.15) is 0 Å². The monoisotopic (exact) mass is 201 g/mol. The second-order valence-corrected chi connectivity index (χ2v) is 4.08. The molecule has 2 unspecified atom stereocenters. The number of nitrogens with one attached hydrogen (secondary N) is 1. The van der Waals surface area contributed by atoms with E-state index >= 15 is 0 Å². The highest BCUT2D eigenvalue weighted by molar-refractivity contribution is 4.68. The first-order valence-electron chi connectivity index (χ1n) is 6.00. The Kier molecular flexibility index (Phi) is 9.42. The van der Waals surface area contributed by atoms with Crippen molar-refractivity contribution < 1.29 is 4.74 Å². The molecule has 0 aliphatic heterocycles. The van der Waals surface area contributed by atoms with Crippen LogP contribution >= 0.6 is 0 Å². The largest absolute Gasteiger partial charge is 0.380 e. The van der Waals surface area contributed by atoms with Crippen LogP contribution < -0.4 is 5.32 Å². The first-order chi connectivity index (χ1) is 6.74. The lowest BCUT2D eigenvalue weighted by Crippen LogP contribution is -2.35. The van der Waals surface area contributed by atoms with E-state index in [0.29, 0.717) is 12.1 Å². The SMILES string of the molecule is CCCCC(CCC)NCC(C)OC. The van der Waals surface area contributed by atoms with Gasteiger partial charge in [-0.15, -0.1) is 0 Å². The van der Waals surface area contributed by atoms with E-state index < -0.39 is 0 Å². The van der Waals surface area contributed by atoms with Crippen molar-refractivity contribution in [1.82, 2.24) is 5.32 Å². The van der Waals surface area contributed by atoms with Crippen molar-refractivity contribution in [2.75, 3.05) is 13.7 Å². The maximum Gasteiger partial charge on any atom is 0.0667 e. The third kappa shape index (κ3) is 7.34. The van der Waals surface area contributed by atoms with Gasteiger partial charge in [0.25, 0.3) is 0 Å². The van der Waals surface area contributed by atoms with Crippen molar-refractivity contribution in [3.8, 4) is 0 Å². The molecule has 86 valence electrons. The van der Waals surface area contributed by atoms with E-state index in [1.54, 1.807) is 7.11 Å². The summed E-state index contributed by atoms with van der Waals surface area (Å²) in [4.78, 5) is 0. The number of methoxy groups -OCH3 is 1. The Hall–Kier alpha value is -0.0800. The van der Waals surface area contributed by atoms with Gasteiger partial charge >= 0.3 is 0 Å². The second kappa shape index (κ2) is 9.47. The molecular weight excluding hydrogens is 174 g/mol. The molecule has 0 heterocycles. The van der Waals surface area contributed by atoms with E-state index in [9.17, 15) is 0 Å². The topological polar surface area (TPSA) is 21.3 Å². The van der Waals surface area contributed by atoms with Crippen LogP contribution in [0.3, 0.4) is 0 Å². The van der Waals surface area contributed by atoms with Crippen molar-refractivity contribution in [3.05, 3.63) is 0 Å². The molecule has 2 heteroatoms. The maximum absolute atomic E-state index is 5.22. The van der Waals surface area contributed by atoms with E-state index in [1.807, 2.05) is 0 Å². The van der Waals surface area contributed by atoms with Crippen LogP contribution in [0.15, 0.2) is 0 Å². The molecule has 0 fully saturated rings. The Labute approximate surface area is 89.4 Å². The van der Waals surface area contributed by atoms with Crippen LogP contribution in [-0.2, 0) is 4.74 Å². The quantitative estimate of drug-likeness (QED) is 0.619. The summed E-state index contributed by atoms with van der Waals surface area (Å²) in [6.07, 6.45) is 6.82. The molecule has 0 spiro atoms. The van der Waals surface area contributed by atoms with Crippen molar-refractivity contribution in [3.63, 3.8) is 0 Å². The molecule has 2 atom stereocenters. The molecular formula is C12H27NO. The van der Waals surface area contributed by atoms with Gasteiger partial charge in [-0.05, 0) is 19.8 Å². The molecule has 2 nitrogen and oxygen atoms in total. The predicted octanol–water partition coefficient (Wildman–Crippen LogP) is 2.97. The highest BCUT2D eigenvalue weighted by Gasteiger charge is 2.07. The Morgan fingerprint density at radius 1 is 1.14 bits per heavy atom. The number of ether oxygens (including phenoxy) is 1. The molecule has 14 heavy (non-hydrogen) atoms. The first kappa shape index (κ1) is 13.9. The molecule has 0 aliphatic rings. The summed E-state index contributed by atoms with van der Waals surface area (Å²) in [6, 6.07) is 0.692. The molecule has 0 bridgehead atoms. The highest BCUT2D eigenvalue weighted by Crippen LogP contribution is 2.06. The van der Waals surface area contributed by atoms with Gasteiger partial charge in [0.15, 0.2) is 0 Å². The summed E-state index contributed by atoms with van der Waals surface area (Å²) in [7, 11) is 1.77. The summed E-state index contributed by atoms with van der Waals surface area (Å²) < 4.78 is 5.22. The molecule has 0 saturated heterocycles. The van der Waals surface area contributed by atoms with Crippen LogP contribution in [0.5, 0.6) is 0 Å². The van der Waals surface area contributed by atoms with E-state index in [0.717, 1.165) is 6.54 Å². The molecule has 0 aliphatic carbocycles.